The summed E-state index contributed by atoms with van der Waals surface area (Å²) in [5.41, 5.74) is 1.85. The Labute approximate surface area is 131 Å². The maximum Gasteiger partial charge on any atom is 0.214 e. The molecule has 1 heterocycles. The average molecular weight is 330 g/mol. The van der Waals surface area contributed by atoms with Crippen molar-refractivity contribution >= 4 is 10.0 Å². The second-order valence-corrected chi connectivity index (χ2v) is 8.38. The number of benzene rings is 1. The van der Waals surface area contributed by atoms with Crippen molar-refractivity contribution in [2.75, 3.05) is 32.9 Å². The van der Waals surface area contributed by atoms with Gasteiger partial charge in [-0.3, -0.25) is 4.90 Å². The van der Waals surface area contributed by atoms with Gasteiger partial charge in [-0.15, -0.1) is 0 Å². The van der Waals surface area contributed by atoms with E-state index in [1.807, 2.05) is 11.8 Å². The van der Waals surface area contributed by atoms with Crippen LogP contribution in [0.5, 0.6) is 0 Å². The lowest BCUT2D eigenvalue weighted by Crippen LogP contribution is -2.33. The first kappa shape index (κ1) is 17.3. The van der Waals surface area contributed by atoms with Crippen LogP contribution in [0.25, 0.3) is 0 Å². The fraction of sp³-hybridized carbons (Fsp3) is 0.600. The molecule has 22 heavy (non-hydrogen) atoms. The molecule has 0 aliphatic carbocycles. The van der Waals surface area contributed by atoms with Gasteiger partial charge in [0.05, 0.1) is 11.9 Å². The highest BCUT2D eigenvalue weighted by Gasteiger charge is 2.35. The van der Waals surface area contributed by atoms with E-state index in [0.717, 1.165) is 11.1 Å². The fourth-order valence-electron chi connectivity index (χ4n) is 2.71. The Morgan fingerprint density at radius 3 is 2.68 bits per heavy atom. The van der Waals surface area contributed by atoms with Crippen molar-refractivity contribution in [2.24, 2.45) is 5.92 Å². The zero-order valence-corrected chi connectivity index (χ0v) is 14.0. The zero-order valence-electron chi connectivity index (χ0n) is 13.2. The smallest absolute Gasteiger partial charge is 0.214 e. The molecule has 1 fully saturated rings. The lowest BCUT2D eigenvalue weighted by Gasteiger charge is -2.18. The molecule has 0 bridgehead atoms. The number of sulfonamides is 1. The quantitative estimate of drug-likeness (QED) is 0.868. The van der Waals surface area contributed by atoms with Gasteiger partial charge in [0, 0.05) is 39.6 Å². The first-order chi connectivity index (χ1) is 10.2. The third-order valence-electron chi connectivity index (χ3n) is 4.17. The Hall–Kier alpha value is -1.02. The Bertz CT molecular complexity index is 634. The van der Waals surface area contributed by atoms with E-state index in [1.165, 1.54) is 30.5 Å². The third kappa shape index (κ3) is 4.04. The summed E-state index contributed by atoms with van der Waals surface area (Å²) in [6.07, 6.45) is -0.677. The number of aliphatic hydroxyl groups is 1. The number of hydrogen-bond acceptors (Lipinski definition) is 4. The third-order valence-corrected chi connectivity index (χ3v) is 6.13. The van der Waals surface area contributed by atoms with E-state index in [1.54, 1.807) is 6.07 Å². The zero-order chi connectivity index (χ0) is 16.5. The second kappa shape index (κ2) is 6.62. The van der Waals surface area contributed by atoms with Gasteiger partial charge >= 0.3 is 0 Å². The maximum absolute atomic E-state index is 13.3. The second-order valence-electron chi connectivity index (χ2n) is 6.15. The number of aryl methyl sites for hydroxylation is 1. The van der Waals surface area contributed by atoms with Crippen LogP contribution in [0.3, 0.4) is 0 Å². The molecule has 2 rings (SSSR count). The molecule has 1 N–H and O–H groups in total. The van der Waals surface area contributed by atoms with Crippen molar-refractivity contribution in [1.82, 2.24) is 9.21 Å². The van der Waals surface area contributed by atoms with E-state index in [0.29, 0.717) is 19.6 Å². The van der Waals surface area contributed by atoms with Crippen LogP contribution in [-0.4, -0.2) is 61.8 Å². The molecule has 1 saturated heterocycles. The molecule has 0 spiro atoms. The molecule has 0 aromatic heterocycles. The van der Waals surface area contributed by atoms with Gasteiger partial charge < -0.3 is 5.11 Å². The number of likely N-dealkylation sites (tertiary alicyclic amines) is 1. The summed E-state index contributed by atoms with van der Waals surface area (Å²) in [4.78, 5) is 1.97. The standard InChI is InChI=1S/C15H23FN2O3S/c1-11-4-5-14(16)6-12(11)7-18-8-13(15(19)9-18)10-22(20,21)17(2)3/h4-6,13,15,19H,7-10H2,1-3H3. The Balaban J connectivity index is 2.03. The molecular formula is C15H23FN2O3S. The van der Waals surface area contributed by atoms with Crippen LogP contribution in [0.4, 0.5) is 4.39 Å². The lowest BCUT2D eigenvalue weighted by molar-refractivity contribution is 0.148. The van der Waals surface area contributed by atoms with Crippen molar-refractivity contribution in [3.05, 3.63) is 35.1 Å². The van der Waals surface area contributed by atoms with E-state index in [-0.39, 0.29) is 17.5 Å². The SMILES string of the molecule is Cc1ccc(F)cc1CN1CC(O)C(CS(=O)(=O)N(C)C)C1. The van der Waals surface area contributed by atoms with Crippen molar-refractivity contribution in [1.29, 1.82) is 0 Å². The van der Waals surface area contributed by atoms with E-state index >= 15 is 0 Å². The summed E-state index contributed by atoms with van der Waals surface area (Å²) in [5, 5.41) is 10.1. The van der Waals surface area contributed by atoms with E-state index < -0.39 is 16.1 Å². The van der Waals surface area contributed by atoms with Gasteiger partial charge in [0.15, 0.2) is 0 Å². The first-order valence-corrected chi connectivity index (χ1v) is 8.85. The van der Waals surface area contributed by atoms with Crippen molar-refractivity contribution < 1.29 is 17.9 Å². The van der Waals surface area contributed by atoms with Gasteiger partial charge in [-0.05, 0) is 30.2 Å². The molecule has 5 nitrogen and oxygen atoms in total. The number of nitrogens with zero attached hydrogens (tertiary/aromatic N) is 2. The van der Waals surface area contributed by atoms with Gasteiger partial charge in [-0.2, -0.15) is 0 Å². The monoisotopic (exact) mass is 330 g/mol. The molecule has 0 radical (unpaired) electrons. The average Bonchev–Trinajstić information content (AvgIpc) is 2.73. The minimum absolute atomic E-state index is 0.0696. The van der Waals surface area contributed by atoms with Gasteiger partial charge in [0.25, 0.3) is 0 Å². The molecule has 124 valence electrons. The minimum atomic E-state index is -3.34. The molecule has 7 heteroatoms. The molecular weight excluding hydrogens is 307 g/mol. The normalized spacial score (nSPS) is 23.4. The van der Waals surface area contributed by atoms with E-state index in [2.05, 4.69) is 0 Å². The molecule has 1 aromatic rings. The number of halogens is 1. The Kier molecular flexibility index (Phi) is 5.21. The highest BCUT2D eigenvalue weighted by Crippen LogP contribution is 2.23. The topological polar surface area (TPSA) is 60.9 Å². The van der Waals surface area contributed by atoms with Crippen LogP contribution in [0.2, 0.25) is 0 Å². The van der Waals surface area contributed by atoms with Gasteiger partial charge in [0.1, 0.15) is 5.82 Å². The predicted molar refractivity (Wildman–Crippen MR) is 83.4 cm³/mol. The highest BCUT2D eigenvalue weighted by molar-refractivity contribution is 7.89. The van der Waals surface area contributed by atoms with Crippen LogP contribution in [0.15, 0.2) is 18.2 Å². The molecule has 1 aromatic carbocycles. The van der Waals surface area contributed by atoms with Crippen LogP contribution < -0.4 is 0 Å². The molecule has 2 unspecified atom stereocenters. The van der Waals surface area contributed by atoms with Crippen LogP contribution in [0.1, 0.15) is 11.1 Å². The Morgan fingerprint density at radius 2 is 2.05 bits per heavy atom. The first-order valence-electron chi connectivity index (χ1n) is 7.24. The summed E-state index contributed by atoms with van der Waals surface area (Å²) < 4.78 is 38.4. The molecule has 0 saturated carbocycles. The summed E-state index contributed by atoms with van der Waals surface area (Å²) in [6.45, 7) is 3.32. The van der Waals surface area contributed by atoms with Crippen LogP contribution >= 0.6 is 0 Å². The maximum atomic E-state index is 13.3. The van der Waals surface area contributed by atoms with E-state index in [9.17, 15) is 17.9 Å². The minimum Gasteiger partial charge on any atom is -0.391 e. The number of β-amino-alcohol motifs (C(OH)–C–C–N with tert-alkyl or cyclic N) is 1. The van der Waals surface area contributed by atoms with Crippen molar-refractivity contribution in [2.45, 2.75) is 19.6 Å². The number of rotatable bonds is 5. The molecule has 0 amide bonds. The predicted octanol–water partition coefficient (Wildman–Crippen LogP) is 0.818. The lowest BCUT2D eigenvalue weighted by atomic mass is 10.1. The molecule has 2 atom stereocenters. The number of hydrogen-bond donors (Lipinski definition) is 1. The van der Waals surface area contributed by atoms with Crippen molar-refractivity contribution in [3.63, 3.8) is 0 Å². The summed E-state index contributed by atoms with van der Waals surface area (Å²) in [7, 11) is -0.358. The van der Waals surface area contributed by atoms with Gasteiger partial charge in [-0.1, -0.05) is 6.07 Å². The van der Waals surface area contributed by atoms with Crippen LogP contribution in [0, 0.1) is 18.7 Å². The van der Waals surface area contributed by atoms with Gasteiger partial charge in [0.2, 0.25) is 10.0 Å². The van der Waals surface area contributed by atoms with E-state index in [4.69, 9.17) is 0 Å². The Morgan fingerprint density at radius 1 is 1.36 bits per heavy atom. The highest BCUT2D eigenvalue weighted by atomic mass is 32.2. The van der Waals surface area contributed by atoms with Crippen molar-refractivity contribution in [3.8, 4) is 0 Å². The van der Waals surface area contributed by atoms with Gasteiger partial charge in [-0.25, -0.2) is 17.1 Å². The summed E-state index contributed by atoms with van der Waals surface area (Å²) in [6, 6.07) is 4.64. The number of aliphatic hydroxyl groups excluding tert-OH is 1. The molecule has 1 aliphatic rings. The fourth-order valence-corrected chi connectivity index (χ4v) is 3.87. The largest absolute Gasteiger partial charge is 0.391 e. The summed E-state index contributed by atoms with van der Waals surface area (Å²) >= 11 is 0. The summed E-state index contributed by atoms with van der Waals surface area (Å²) in [5.74, 6) is -0.673. The van der Waals surface area contributed by atoms with Crippen LogP contribution in [-0.2, 0) is 16.6 Å². The molecule has 1 aliphatic heterocycles.